The van der Waals surface area contributed by atoms with Crippen LogP contribution in [-0.2, 0) is 0 Å². The van der Waals surface area contributed by atoms with Gasteiger partial charge in [-0.05, 0) is 25.3 Å². The Labute approximate surface area is 93.4 Å². The lowest BCUT2D eigenvalue weighted by atomic mass is 10.1. The van der Waals surface area contributed by atoms with E-state index in [-0.39, 0.29) is 0 Å². The highest BCUT2D eigenvalue weighted by Crippen LogP contribution is 2.34. The quantitative estimate of drug-likeness (QED) is 0.667. The minimum absolute atomic E-state index is 0.770. The second-order valence-electron chi connectivity index (χ2n) is 4.49. The lowest BCUT2D eigenvalue weighted by molar-refractivity contribution is 0.507. The van der Waals surface area contributed by atoms with Gasteiger partial charge in [-0.3, -0.25) is 0 Å². The maximum Gasteiger partial charge on any atom is 0.0160 e. The van der Waals surface area contributed by atoms with Gasteiger partial charge in [0.2, 0.25) is 0 Å². The van der Waals surface area contributed by atoms with E-state index in [9.17, 15) is 0 Å². The van der Waals surface area contributed by atoms with Crippen LogP contribution in [0.4, 0.5) is 0 Å². The summed E-state index contributed by atoms with van der Waals surface area (Å²) in [6.45, 7) is 7.96. The largest absolute Gasteiger partial charge is 0.313 e. The van der Waals surface area contributed by atoms with Crippen molar-refractivity contribution >= 4 is 11.8 Å². The number of hydrogen-bond acceptors (Lipinski definition) is 2. The van der Waals surface area contributed by atoms with E-state index in [1.165, 1.54) is 31.4 Å². The van der Waals surface area contributed by atoms with Gasteiger partial charge in [0.05, 0.1) is 0 Å². The molecule has 0 bridgehead atoms. The molecule has 0 amide bonds. The second kappa shape index (κ2) is 6.73. The number of rotatable bonds is 8. The van der Waals surface area contributed by atoms with E-state index >= 15 is 0 Å². The van der Waals surface area contributed by atoms with Gasteiger partial charge in [0.1, 0.15) is 0 Å². The third-order valence-corrected chi connectivity index (χ3v) is 4.46. The van der Waals surface area contributed by atoms with Gasteiger partial charge in [-0.1, -0.05) is 33.6 Å². The highest BCUT2D eigenvalue weighted by molar-refractivity contribution is 7.99. The maximum absolute atomic E-state index is 3.61. The van der Waals surface area contributed by atoms with Crippen molar-refractivity contribution in [1.29, 1.82) is 0 Å². The Kier molecular flexibility index (Phi) is 5.95. The molecule has 1 fully saturated rings. The summed E-state index contributed by atoms with van der Waals surface area (Å²) in [5, 5.41) is 4.44. The molecule has 2 atom stereocenters. The molecule has 2 unspecified atom stereocenters. The fourth-order valence-corrected chi connectivity index (χ4v) is 2.70. The van der Waals surface area contributed by atoms with Crippen molar-refractivity contribution in [2.75, 3.05) is 12.3 Å². The monoisotopic (exact) mass is 215 g/mol. The topological polar surface area (TPSA) is 12.0 Å². The van der Waals surface area contributed by atoms with Crippen molar-refractivity contribution < 1.29 is 0 Å². The lowest BCUT2D eigenvalue weighted by Crippen LogP contribution is -2.32. The van der Waals surface area contributed by atoms with E-state index in [1.807, 2.05) is 0 Å². The van der Waals surface area contributed by atoms with E-state index < -0.39 is 0 Å². The average molecular weight is 215 g/mol. The molecule has 0 saturated heterocycles. The Hall–Kier alpha value is 0.310. The minimum atomic E-state index is 0.770. The Morgan fingerprint density at radius 3 is 2.57 bits per heavy atom. The zero-order valence-corrected chi connectivity index (χ0v) is 10.7. The minimum Gasteiger partial charge on any atom is -0.313 e. The third-order valence-electron chi connectivity index (χ3n) is 2.96. The summed E-state index contributed by atoms with van der Waals surface area (Å²) in [4.78, 5) is 0. The van der Waals surface area contributed by atoms with Crippen molar-refractivity contribution in [3.63, 3.8) is 0 Å². The van der Waals surface area contributed by atoms with Crippen LogP contribution >= 0.6 is 11.8 Å². The molecule has 2 heteroatoms. The molecule has 0 aromatic heterocycles. The van der Waals surface area contributed by atoms with Crippen molar-refractivity contribution in [3.8, 4) is 0 Å². The molecule has 0 aliphatic heterocycles. The molecule has 1 N–H and O–H groups in total. The van der Waals surface area contributed by atoms with Crippen LogP contribution in [0.3, 0.4) is 0 Å². The molecule has 0 aromatic carbocycles. The SMILES string of the molecule is CCNC(CSC(C)CC)CC1CC1. The molecule has 1 nitrogen and oxygen atoms in total. The highest BCUT2D eigenvalue weighted by atomic mass is 32.2. The van der Waals surface area contributed by atoms with Crippen molar-refractivity contribution in [1.82, 2.24) is 5.32 Å². The van der Waals surface area contributed by atoms with Crippen LogP contribution in [-0.4, -0.2) is 23.6 Å². The predicted octanol–water partition coefficient (Wildman–Crippen LogP) is 3.30. The Morgan fingerprint density at radius 1 is 1.36 bits per heavy atom. The first-order valence-electron chi connectivity index (χ1n) is 6.11. The standard InChI is InChI=1S/C12H25NS/c1-4-10(3)14-9-12(13-5-2)8-11-6-7-11/h10-13H,4-9H2,1-3H3. The van der Waals surface area contributed by atoms with Gasteiger partial charge in [0.25, 0.3) is 0 Å². The summed E-state index contributed by atoms with van der Waals surface area (Å²) in [7, 11) is 0. The van der Waals surface area contributed by atoms with E-state index in [0.29, 0.717) is 0 Å². The van der Waals surface area contributed by atoms with Crippen LogP contribution in [0.15, 0.2) is 0 Å². The molecule has 1 rings (SSSR count). The van der Waals surface area contributed by atoms with E-state index in [0.717, 1.165) is 23.8 Å². The van der Waals surface area contributed by atoms with Crippen LogP contribution in [0.1, 0.15) is 46.5 Å². The van der Waals surface area contributed by atoms with Gasteiger partial charge < -0.3 is 5.32 Å². The fraction of sp³-hybridized carbons (Fsp3) is 1.00. The molecule has 1 aliphatic rings. The van der Waals surface area contributed by atoms with Gasteiger partial charge in [0, 0.05) is 17.0 Å². The Balaban J connectivity index is 2.12. The molecule has 0 spiro atoms. The van der Waals surface area contributed by atoms with Gasteiger partial charge in [0.15, 0.2) is 0 Å². The molecule has 0 heterocycles. The first kappa shape index (κ1) is 12.4. The van der Waals surface area contributed by atoms with Crippen molar-refractivity contribution in [3.05, 3.63) is 0 Å². The highest BCUT2D eigenvalue weighted by Gasteiger charge is 2.25. The van der Waals surface area contributed by atoms with Crippen LogP contribution < -0.4 is 5.32 Å². The zero-order chi connectivity index (χ0) is 10.4. The maximum atomic E-state index is 3.61. The average Bonchev–Trinajstić information content (AvgIpc) is 2.98. The van der Waals surface area contributed by atoms with Crippen LogP contribution in [0, 0.1) is 5.92 Å². The molecule has 1 aliphatic carbocycles. The molecule has 0 radical (unpaired) electrons. The summed E-state index contributed by atoms with van der Waals surface area (Å²) in [5.41, 5.74) is 0. The van der Waals surface area contributed by atoms with Crippen LogP contribution in [0.5, 0.6) is 0 Å². The lowest BCUT2D eigenvalue weighted by Gasteiger charge is -2.19. The fourth-order valence-electron chi connectivity index (χ4n) is 1.65. The Morgan fingerprint density at radius 2 is 2.07 bits per heavy atom. The number of thioether (sulfide) groups is 1. The normalized spacial score (nSPS) is 20.8. The Bertz CT molecular complexity index is 145. The summed E-state index contributed by atoms with van der Waals surface area (Å²) in [5.74, 6) is 2.36. The van der Waals surface area contributed by atoms with Gasteiger partial charge in [-0.15, -0.1) is 0 Å². The number of hydrogen-bond donors (Lipinski definition) is 1. The summed E-state index contributed by atoms with van der Waals surface area (Å²) >= 11 is 2.13. The predicted molar refractivity (Wildman–Crippen MR) is 67.0 cm³/mol. The van der Waals surface area contributed by atoms with Gasteiger partial charge in [-0.2, -0.15) is 11.8 Å². The zero-order valence-electron chi connectivity index (χ0n) is 9.88. The van der Waals surface area contributed by atoms with Crippen LogP contribution in [0.2, 0.25) is 0 Å². The van der Waals surface area contributed by atoms with Crippen molar-refractivity contribution in [2.45, 2.75) is 57.7 Å². The van der Waals surface area contributed by atoms with Gasteiger partial charge in [-0.25, -0.2) is 0 Å². The van der Waals surface area contributed by atoms with Crippen molar-refractivity contribution in [2.24, 2.45) is 5.92 Å². The first-order chi connectivity index (χ1) is 6.76. The number of nitrogens with one attached hydrogen (secondary N) is 1. The van der Waals surface area contributed by atoms with E-state index in [4.69, 9.17) is 0 Å². The second-order valence-corrected chi connectivity index (χ2v) is 5.96. The first-order valence-corrected chi connectivity index (χ1v) is 7.16. The van der Waals surface area contributed by atoms with E-state index in [1.54, 1.807) is 0 Å². The molecule has 84 valence electrons. The molecule has 1 saturated carbocycles. The molecule has 0 aromatic rings. The van der Waals surface area contributed by atoms with E-state index in [2.05, 4.69) is 37.8 Å². The third kappa shape index (κ3) is 5.26. The van der Waals surface area contributed by atoms with Gasteiger partial charge >= 0.3 is 0 Å². The summed E-state index contributed by atoms with van der Waals surface area (Å²) < 4.78 is 0. The van der Waals surface area contributed by atoms with Crippen LogP contribution in [0.25, 0.3) is 0 Å². The summed E-state index contributed by atoms with van der Waals surface area (Å²) in [6, 6.07) is 0.770. The molecule has 14 heavy (non-hydrogen) atoms. The smallest absolute Gasteiger partial charge is 0.0160 e. The molecular weight excluding hydrogens is 190 g/mol. The summed E-state index contributed by atoms with van der Waals surface area (Å²) in [6.07, 6.45) is 5.68. The molecular formula is C12H25NS.